The molecule has 0 aromatic carbocycles. The minimum absolute atomic E-state index is 0.385. The van der Waals surface area contributed by atoms with Crippen LogP contribution in [0.25, 0.3) is 0 Å². The second kappa shape index (κ2) is 6.85. The van der Waals surface area contributed by atoms with E-state index in [1.807, 2.05) is 0 Å². The van der Waals surface area contributed by atoms with Gasteiger partial charge in [0.2, 0.25) is 0 Å². The first kappa shape index (κ1) is 12.5. The lowest BCUT2D eigenvalue weighted by Crippen LogP contribution is -2.41. The van der Waals surface area contributed by atoms with Gasteiger partial charge in [-0.2, -0.15) is 0 Å². The fraction of sp³-hybridized carbons (Fsp3) is 0.833. The lowest BCUT2D eigenvalue weighted by atomic mass is 10.00. The number of hydrogen-bond donors (Lipinski definition) is 1. The summed E-state index contributed by atoms with van der Waals surface area (Å²) in [5.74, 6) is 0. The number of rotatable bonds is 6. The van der Waals surface area contributed by atoms with Gasteiger partial charge in [0.05, 0.1) is 25.1 Å². The summed E-state index contributed by atoms with van der Waals surface area (Å²) in [7, 11) is 0. The van der Waals surface area contributed by atoms with Crippen LogP contribution in [0.2, 0.25) is 0 Å². The minimum atomic E-state index is 0.385. The van der Waals surface area contributed by atoms with Gasteiger partial charge in [0, 0.05) is 6.04 Å². The van der Waals surface area contributed by atoms with Gasteiger partial charge < -0.3 is 14.8 Å². The van der Waals surface area contributed by atoms with Crippen LogP contribution in [-0.2, 0) is 9.47 Å². The molecule has 1 aliphatic rings. The highest BCUT2D eigenvalue weighted by Gasteiger charge is 2.23. The van der Waals surface area contributed by atoms with E-state index in [-0.39, 0.29) is 0 Å². The smallest absolute Gasteiger partial charge is 0.0885 e. The number of ether oxygens (including phenoxy) is 2. The SMILES string of the molecule is C=COCCCNC1CC(C)OC(C)C1. The van der Waals surface area contributed by atoms with E-state index in [2.05, 4.69) is 25.7 Å². The van der Waals surface area contributed by atoms with Crippen LogP contribution in [0.5, 0.6) is 0 Å². The summed E-state index contributed by atoms with van der Waals surface area (Å²) in [5.41, 5.74) is 0. The zero-order chi connectivity index (χ0) is 11.1. The summed E-state index contributed by atoms with van der Waals surface area (Å²) in [4.78, 5) is 0. The predicted octanol–water partition coefficient (Wildman–Crippen LogP) is 2.08. The van der Waals surface area contributed by atoms with Crippen molar-refractivity contribution in [1.29, 1.82) is 0 Å². The molecule has 1 saturated heterocycles. The second-order valence-electron chi connectivity index (χ2n) is 4.27. The number of hydrogen-bond acceptors (Lipinski definition) is 3. The zero-order valence-electron chi connectivity index (χ0n) is 9.87. The summed E-state index contributed by atoms with van der Waals surface area (Å²) in [6.45, 7) is 9.56. The average Bonchev–Trinajstić information content (AvgIpc) is 2.16. The van der Waals surface area contributed by atoms with Gasteiger partial charge in [-0.1, -0.05) is 6.58 Å². The molecule has 0 aliphatic carbocycles. The zero-order valence-corrected chi connectivity index (χ0v) is 9.87. The van der Waals surface area contributed by atoms with Crippen molar-refractivity contribution >= 4 is 0 Å². The van der Waals surface area contributed by atoms with Crippen molar-refractivity contribution in [2.24, 2.45) is 0 Å². The molecule has 0 spiro atoms. The molecule has 1 N–H and O–H groups in total. The maximum absolute atomic E-state index is 5.68. The van der Waals surface area contributed by atoms with Crippen LogP contribution in [0, 0.1) is 0 Å². The Bertz CT molecular complexity index is 174. The van der Waals surface area contributed by atoms with Crippen molar-refractivity contribution < 1.29 is 9.47 Å². The van der Waals surface area contributed by atoms with Crippen LogP contribution < -0.4 is 5.32 Å². The molecule has 2 atom stereocenters. The van der Waals surface area contributed by atoms with E-state index in [0.717, 1.165) is 32.4 Å². The van der Waals surface area contributed by atoms with Gasteiger partial charge in [-0.3, -0.25) is 0 Å². The van der Waals surface area contributed by atoms with E-state index < -0.39 is 0 Å². The third kappa shape index (κ3) is 5.19. The van der Waals surface area contributed by atoms with E-state index in [4.69, 9.17) is 9.47 Å². The maximum Gasteiger partial charge on any atom is 0.0885 e. The molecular weight excluding hydrogens is 190 g/mol. The van der Waals surface area contributed by atoms with Crippen molar-refractivity contribution in [3.8, 4) is 0 Å². The van der Waals surface area contributed by atoms with Gasteiger partial charge in [-0.05, 0) is 39.7 Å². The second-order valence-corrected chi connectivity index (χ2v) is 4.27. The third-order valence-electron chi connectivity index (χ3n) is 2.69. The standard InChI is InChI=1S/C12H23NO2/c1-4-14-7-5-6-13-12-8-10(2)15-11(3)9-12/h4,10-13H,1,5-9H2,2-3H3. The minimum Gasteiger partial charge on any atom is -0.502 e. The summed E-state index contributed by atoms with van der Waals surface area (Å²) in [6.07, 6.45) is 5.54. The summed E-state index contributed by atoms with van der Waals surface area (Å²) in [5, 5.41) is 3.55. The molecule has 0 bridgehead atoms. The van der Waals surface area contributed by atoms with Crippen molar-refractivity contribution in [2.45, 2.75) is 51.4 Å². The average molecular weight is 213 g/mol. The quantitative estimate of drug-likeness (QED) is 0.541. The molecule has 0 aromatic rings. The van der Waals surface area contributed by atoms with Crippen LogP contribution in [0.15, 0.2) is 12.8 Å². The van der Waals surface area contributed by atoms with Crippen molar-refractivity contribution in [3.63, 3.8) is 0 Å². The molecule has 0 aromatic heterocycles. The summed E-state index contributed by atoms with van der Waals surface area (Å²) in [6, 6.07) is 0.604. The molecule has 0 saturated carbocycles. The fourth-order valence-corrected chi connectivity index (χ4v) is 2.12. The molecule has 88 valence electrons. The molecule has 0 amide bonds. The van der Waals surface area contributed by atoms with E-state index >= 15 is 0 Å². The largest absolute Gasteiger partial charge is 0.502 e. The Labute approximate surface area is 92.8 Å². The van der Waals surface area contributed by atoms with E-state index in [1.54, 1.807) is 0 Å². The highest BCUT2D eigenvalue weighted by Crippen LogP contribution is 2.18. The van der Waals surface area contributed by atoms with Crippen LogP contribution in [0.1, 0.15) is 33.1 Å². The lowest BCUT2D eigenvalue weighted by Gasteiger charge is -2.32. The lowest BCUT2D eigenvalue weighted by molar-refractivity contribution is -0.0420. The van der Waals surface area contributed by atoms with E-state index in [1.165, 1.54) is 6.26 Å². The van der Waals surface area contributed by atoms with E-state index in [9.17, 15) is 0 Å². The third-order valence-corrected chi connectivity index (χ3v) is 2.69. The van der Waals surface area contributed by atoms with Crippen molar-refractivity contribution in [2.75, 3.05) is 13.2 Å². The maximum atomic E-state index is 5.68. The summed E-state index contributed by atoms with van der Waals surface area (Å²) >= 11 is 0. The first-order valence-electron chi connectivity index (χ1n) is 5.83. The normalized spacial score (nSPS) is 31.2. The Morgan fingerprint density at radius 3 is 2.67 bits per heavy atom. The Balaban J connectivity index is 2.07. The van der Waals surface area contributed by atoms with E-state index in [0.29, 0.717) is 18.2 Å². The predicted molar refractivity (Wildman–Crippen MR) is 61.8 cm³/mol. The van der Waals surface area contributed by atoms with Crippen LogP contribution in [0.4, 0.5) is 0 Å². The van der Waals surface area contributed by atoms with Crippen molar-refractivity contribution in [3.05, 3.63) is 12.8 Å². The van der Waals surface area contributed by atoms with Gasteiger partial charge in [-0.15, -0.1) is 0 Å². The molecule has 3 nitrogen and oxygen atoms in total. The Hall–Kier alpha value is -0.540. The number of nitrogens with one attached hydrogen (secondary N) is 1. The van der Waals surface area contributed by atoms with Gasteiger partial charge >= 0.3 is 0 Å². The monoisotopic (exact) mass is 213 g/mol. The van der Waals surface area contributed by atoms with Gasteiger partial charge in [-0.25, -0.2) is 0 Å². The first-order chi connectivity index (χ1) is 7.22. The molecule has 2 unspecified atom stereocenters. The van der Waals surface area contributed by atoms with Gasteiger partial charge in [0.25, 0.3) is 0 Å². The van der Waals surface area contributed by atoms with Crippen molar-refractivity contribution in [1.82, 2.24) is 5.32 Å². The first-order valence-corrected chi connectivity index (χ1v) is 5.83. The Kier molecular flexibility index (Phi) is 5.73. The van der Waals surface area contributed by atoms with Crippen LogP contribution in [-0.4, -0.2) is 31.4 Å². The van der Waals surface area contributed by atoms with Crippen LogP contribution in [0.3, 0.4) is 0 Å². The molecule has 3 heteroatoms. The summed E-state index contributed by atoms with van der Waals surface area (Å²) < 4.78 is 10.7. The highest BCUT2D eigenvalue weighted by molar-refractivity contribution is 4.78. The van der Waals surface area contributed by atoms with Gasteiger partial charge in [0.1, 0.15) is 0 Å². The molecule has 1 fully saturated rings. The molecule has 0 radical (unpaired) electrons. The molecule has 15 heavy (non-hydrogen) atoms. The Morgan fingerprint density at radius 2 is 2.07 bits per heavy atom. The molecule has 1 rings (SSSR count). The topological polar surface area (TPSA) is 30.5 Å². The Morgan fingerprint density at radius 1 is 1.40 bits per heavy atom. The molecule has 1 aliphatic heterocycles. The molecule has 1 heterocycles. The van der Waals surface area contributed by atoms with Crippen LogP contribution >= 0.6 is 0 Å². The highest BCUT2D eigenvalue weighted by atomic mass is 16.5. The van der Waals surface area contributed by atoms with Gasteiger partial charge in [0.15, 0.2) is 0 Å². The molecular formula is C12H23NO2. The fourth-order valence-electron chi connectivity index (χ4n) is 2.12.